The molecule has 0 aromatic carbocycles. The third-order valence-electron chi connectivity index (χ3n) is 10.5. The molecular weight excluding hydrogens is 765 g/mol. The summed E-state index contributed by atoms with van der Waals surface area (Å²) in [5.74, 6) is 1.91. The third-order valence-corrected chi connectivity index (χ3v) is 12.0. The molecule has 0 saturated heterocycles. The van der Waals surface area contributed by atoms with Crippen LogP contribution in [0.3, 0.4) is 0 Å². The van der Waals surface area contributed by atoms with Crippen LogP contribution in [0, 0.1) is 6.92 Å². The van der Waals surface area contributed by atoms with Crippen LogP contribution in [-0.2, 0) is 14.1 Å². The van der Waals surface area contributed by atoms with Gasteiger partial charge >= 0.3 is 0 Å². The Morgan fingerprint density at radius 1 is 0.655 bits per heavy atom. The highest BCUT2D eigenvalue weighted by molar-refractivity contribution is 7.15. The number of hydrogen-bond acceptors (Lipinski definition) is 12. The number of aromatic nitrogens is 12. The molecule has 16 heteroatoms. The van der Waals surface area contributed by atoms with Gasteiger partial charge in [0.2, 0.25) is 0 Å². The van der Waals surface area contributed by atoms with Crippen LogP contribution < -0.4 is 10.6 Å². The lowest BCUT2D eigenvalue weighted by Crippen LogP contribution is -2.03. The van der Waals surface area contributed by atoms with E-state index in [1.165, 1.54) is 48.4 Å². The third kappa shape index (κ3) is 7.81. The summed E-state index contributed by atoms with van der Waals surface area (Å²) in [5, 5.41) is 18.5. The lowest BCUT2D eigenvalue weighted by molar-refractivity contribution is 0.739. The van der Waals surface area contributed by atoms with Crippen LogP contribution in [0.2, 0.25) is 0 Å². The second-order valence-electron chi connectivity index (χ2n) is 15.1. The quantitative estimate of drug-likeness (QED) is 0.144. The molecule has 58 heavy (non-hydrogen) atoms. The lowest BCUT2D eigenvalue weighted by atomic mass is 9.97. The van der Waals surface area contributed by atoms with Crippen molar-refractivity contribution in [2.75, 3.05) is 10.6 Å². The largest absolute Gasteiger partial charge is 0.328 e. The van der Waals surface area contributed by atoms with Gasteiger partial charge in [0.05, 0.1) is 64.5 Å². The number of fused-ring (bicyclic) bond motifs is 2. The van der Waals surface area contributed by atoms with Crippen LogP contribution in [-0.4, -0.2) is 57.7 Å². The van der Waals surface area contributed by atoms with Crippen molar-refractivity contribution in [1.29, 1.82) is 0 Å². The highest BCUT2D eigenvalue weighted by Crippen LogP contribution is 2.34. The van der Waals surface area contributed by atoms with Crippen LogP contribution in [0.4, 0.5) is 21.6 Å². The molecule has 10 rings (SSSR count). The Morgan fingerprint density at radius 3 is 1.64 bits per heavy atom. The van der Waals surface area contributed by atoms with Crippen LogP contribution in [0.15, 0.2) is 74.0 Å². The van der Waals surface area contributed by atoms with Crippen LogP contribution >= 0.6 is 22.9 Å². The van der Waals surface area contributed by atoms with Crippen molar-refractivity contribution in [3.8, 4) is 22.5 Å². The van der Waals surface area contributed by atoms with E-state index in [1.54, 1.807) is 16.0 Å². The van der Waals surface area contributed by atoms with Crippen molar-refractivity contribution in [2.24, 2.45) is 14.1 Å². The Bertz CT molecular complexity index is 2790. The van der Waals surface area contributed by atoms with Gasteiger partial charge < -0.3 is 10.6 Å². The topological polar surface area (TPSA) is 146 Å². The number of rotatable bonds is 9. The lowest BCUT2D eigenvalue weighted by Gasteiger charge is -2.15. The number of hydrogen-bond donors (Lipinski definition) is 2. The van der Waals surface area contributed by atoms with Crippen LogP contribution in [0.25, 0.3) is 45.0 Å². The van der Waals surface area contributed by atoms with E-state index in [4.69, 9.17) is 15.0 Å². The van der Waals surface area contributed by atoms with E-state index in [-0.39, 0.29) is 0 Å². The Kier molecular flexibility index (Phi) is 10.4. The molecule has 14 nitrogen and oxygen atoms in total. The summed E-state index contributed by atoms with van der Waals surface area (Å²) in [4.78, 5) is 23.6. The zero-order valence-electron chi connectivity index (χ0n) is 33.3. The number of allylic oxidation sites excluding steroid dienone is 4. The minimum Gasteiger partial charge on any atom is -0.328 e. The molecule has 0 spiro atoms. The molecule has 0 bridgehead atoms. The van der Waals surface area contributed by atoms with Gasteiger partial charge in [0.25, 0.3) is 0 Å². The maximum atomic E-state index is 4.98. The zero-order chi connectivity index (χ0) is 39.8. The van der Waals surface area contributed by atoms with Crippen LogP contribution in [0.1, 0.15) is 93.2 Å². The van der Waals surface area contributed by atoms with Gasteiger partial charge in [-0.25, -0.2) is 24.9 Å². The summed E-state index contributed by atoms with van der Waals surface area (Å²) in [7, 11) is 3.85. The minimum absolute atomic E-state index is 0.395. The van der Waals surface area contributed by atoms with Crippen molar-refractivity contribution < 1.29 is 0 Å². The first kappa shape index (κ1) is 37.6. The molecule has 0 atom stereocenters. The number of aryl methyl sites for hydroxylation is 3. The van der Waals surface area contributed by atoms with Crippen molar-refractivity contribution in [3.05, 3.63) is 96.1 Å². The average Bonchev–Trinajstić information content (AvgIpc) is 4.10. The molecule has 0 aliphatic heterocycles. The van der Waals surface area contributed by atoms with E-state index < -0.39 is 0 Å². The smallest absolute Gasteiger partial charge is 0.181 e. The highest BCUT2D eigenvalue weighted by atomic mass is 32.1. The number of nitrogens with zero attached hydrogens (tertiary/aromatic N) is 12. The van der Waals surface area contributed by atoms with Gasteiger partial charge in [-0.1, -0.05) is 26.0 Å². The van der Waals surface area contributed by atoms with Crippen LogP contribution in [0.5, 0.6) is 0 Å². The predicted octanol–water partition coefficient (Wildman–Crippen LogP) is 10.0. The van der Waals surface area contributed by atoms with Gasteiger partial charge in [-0.3, -0.25) is 18.2 Å². The Hall–Kier alpha value is -6.00. The molecule has 0 radical (unpaired) electrons. The number of nitrogens with one attached hydrogen (secondary N) is 2. The van der Waals surface area contributed by atoms with Crippen molar-refractivity contribution in [1.82, 2.24) is 57.7 Å². The fraction of sp³-hybridized carbons (Fsp3) is 0.333. The predicted molar refractivity (Wildman–Crippen MR) is 233 cm³/mol. The van der Waals surface area contributed by atoms with Gasteiger partial charge in [0.15, 0.2) is 22.9 Å². The summed E-state index contributed by atoms with van der Waals surface area (Å²) in [6.45, 7) is 6.30. The molecular formula is C42H46N14S2. The fourth-order valence-corrected chi connectivity index (χ4v) is 8.86. The molecule has 0 unspecified atom stereocenters. The molecule has 2 aliphatic rings. The molecule has 8 aromatic rings. The zero-order valence-corrected chi connectivity index (χ0v) is 35.0. The molecule has 2 aliphatic carbocycles. The Morgan fingerprint density at radius 2 is 1.21 bits per heavy atom. The van der Waals surface area contributed by atoms with Gasteiger partial charge in [0, 0.05) is 50.0 Å². The summed E-state index contributed by atoms with van der Waals surface area (Å²) in [6, 6.07) is 2.10. The van der Waals surface area contributed by atoms with Gasteiger partial charge in [0.1, 0.15) is 10.0 Å². The van der Waals surface area contributed by atoms with Gasteiger partial charge in [-0.15, -0.1) is 11.3 Å². The summed E-state index contributed by atoms with van der Waals surface area (Å²) >= 11 is 3.08. The van der Waals surface area contributed by atoms with E-state index in [0.29, 0.717) is 5.92 Å². The molecule has 0 fully saturated rings. The SMILES string of the molecule is CC(C)c1cc(Nc2nc(C3=CCCCC3)cn3c(-c4cnn(C)c4)cnc23)sn1.Cc1ncc(Nc2nc(C3=CCCCC3)cn3c(-c4cnn(C)c4)cnc23)s1. The number of thiazole rings is 1. The first-order valence-corrected chi connectivity index (χ1v) is 21.4. The normalized spacial score (nSPS) is 14.4. The first-order chi connectivity index (χ1) is 28.3. The standard InChI is InChI=1S/C22H25N7S.C20H21N7S/c1-14(2)17-9-20(30-27-17)26-21-22-23-11-19(16-10-24-28(3)12-16)29(22)13-18(25-21)15-7-5-4-6-8-15;1-13-21-10-18(28-13)25-19-20-22-9-17(15-8-23-26(2)11-15)27(20)12-16(24-19)14-6-4-3-5-7-14/h7,9-14H,4-6,8H2,1-3H3,(H,25,26);6,8-12H,3-5,7H2,1-2H3,(H,24,25). The fourth-order valence-electron chi connectivity index (χ4n) is 7.40. The summed E-state index contributed by atoms with van der Waals surface area (Å²) in [5.41, 5.74) is 11.4. The molecule has 8 heterocycles. The van der Waals surface area contributed by atoms with E-state index in [0.717, 1.165) is 103 Å². The van der Waals surface area contributed by atoms with Crippen molar-refractivity contribution in [2.45, 2.75) is 78.1 Å². The van der Waals surface area contributed by atoms with E-state index in [9.17, 15) is 0 Å². The maximum absolute atomic E-state index is 4.98. The van der Waals surface area contributed by atoms with E-state index in [2.05, 4.69) is 88.4 Å². The maximum Gasteiger partial charge on any atom is 0.181 e. The van der Waals surface area contributed by atoms with Gasteiger partial charge in [-0.2, -0.15) is 14.6 Å². The van der Waals surface area contributed by atoms with E-state index >= 15 is 0 Å². The van der Waals surface area contributed by atoms with Crippen molar-refractivity contribution >= 4 is 66.9 Å². The summed E-state index contributed by atoms with van der Waals surface area (Å²) in [6.07, 6.45) is 31.5. The molecule has 0 amide bonds. The molecule has 296 valence electrons. The average molecular weight is 811 g/mol. The second-order valence-corrected chi connectivity index (χ2v) is 17.2. The first-order valence-electron chi connectivity index (χ1n) is 19.8. The minimum atomic E-state index is 0.395. The molecule has 0 saturated carbocycles. The highest BCUT2D eigenvalue weighted by Gasteiger charge is 2.20. The van der Waals surface area contributed by atoms with Gasteiger partial charge in [-0.05, 0) is 93.0 Å². The number of anilines is 4. The summed E-state index contributed by atoms with van der Waals surface area (Å²) < 4.78 is 12.4. The second kappa shape index (κ2) is 16.1. The number of imidazole rings is 2. The molecule has 2 N–H and O–H groups in total. The molecule has 8 aromatic heterocycles. The van der Waals surface area contributed by atoms with Crippen molar-refractivity contribution in [3.63, 3.8) is 0 Å². The Balaban J connectivity index is 0.000000151. The monoisotopic (exact) mass is 810 g/mol. The van der Waals surface area contributed by atoms with E-state index in [1.807, 2.05) is 69.1 Å². The Labute approximate surface area is 344 Å².